The van der Waals surface area contributed by atoms with Crippen LogP contribution in [0.4, 0.5) is 0 Å². The molecule has 0 aliphatic heterocycles. The lowest BCUT2D eigenvalue weighted by atomic mass is 9.94. The maximum atomic E-state index is 11.3. The zero-order chi connectivity index (χ0) is 12.9. The summed E-state index contributed by atoms with van der Waals surface area (Å²) in [5.74, 6) is -0.296. The summed E-state index contributed by atoms with van der Waals surface area (Å²) >= 11 is 0. The average molecular weight is 238 g/mol. The second-order valence-electron chi connectivity index (χ2n) is 4.60. The topological polar surface area (TPSA) is 72.9 Å². The van der Waals surface area contributed by atoms with Gasteiger partial charge in [-0.1, -0.05) is 0 Å². The van der Waals surface area contributed by atoms with Crippen molar-refractivity contribution in [2.75, 3.05) is 7.05 Å². The smallest absolute Gasteiger partial charge is 0.237 e. The van der Waals surface area contributed by atoms with Gasteiger partial charge in [0.15, 0.2) is 0 Å². The van der Waals surface area contributed by atoms with Crippen LogP contribution in [-0.4, -0.2) is 28.3 Å². The molecule has 5 heteroatoms. The predicted molar refractivity (Wildman–Crippen MR) is 67.5 cm³/mol. The van der Waals surface area contributed by atoms with Gasteiger partial charge in [0.05, 0.1) is 5.54 Å². The Morgan fingerprint density at radius 3 is 2.76 bits per heavy atom. The fourth-order valence-electron chi connectivity index (χ4n) is 1.74. The maximum absolute atomic E-state index is 11.3. The van der Waals surface area contributed by atoms with Crippen molar-refractivity contribution in [2.45, 2.75) is 45.2 Å². The van der Waals surface area contributed by atoms with Gasteiger partial charge < -0.3 is 11.1 Å². The van der Waals surface area contributed by atoms with E-state index in [9.17, 15) is 4.79 Å². The minimum absolute atomic E-state index is 0.296. The van der Waals surface area contributed by atoms with Crippen LogP contribution in [0.3, 0.4) is 0 Å². The first kappa shape index (κ1) is 13.7. The van der Waals surface area contributed by atoms with E-state index in [0.29, 0.717) is 0 Å². The Kier molecular flexibility index (Phi) is 4.69. The second-order valence-corrected chi connectivity index (χ2v) is 4.60. The lowest BCUT2D eigenvalue weighted by molar-refractivity contribution is -0.123. The third kappa shape index (κ3) is 3.56. The Morgan fingerprint density at radius 2 is 2.29 bits per heavy atom. The summed E-state index contributed by atoms with van der Waals surface area (Å²) in [6.07, 6.45) is 4.49. The summed E-state index contributed by atoms with van der Waals surface area (Å²) in [7, 11) is 1.77. The molecule has 3 N–H and O–H groups in total. The molecule has 0 spiro atoms. The quantitative estimate of drug-likeness (QED) is 0.691. The fourth-order valence-corrected chi connectivity index (χ4v) is 1.74. The van der Waals surface area contributed by atoms with Crippen LogP contribution in [0.25, 0.3) is 0 Å². The Hall–Kier alpha value is -1.36. The number of unbranched alkanes of at least 4 members (excludes halogenated alkanes) is 1. The van der Waals surface area contributed by atoms with Crippen LogP contribution >= 0.6 is 0 Å². The molecule has 0 saturated carbocycles. The van der Waals surface area contributed by atoms with Gasteiger partial charge in [0.2, 0.25) is 5.91 Å². The molecule has 0 aliphatic rings. The molecule has 0 saturated heterocycles. The zero-order valence-electron chi connectivity index (χ0n) is 10.9. The molecule has 5 nitrogen and oxygen atoms in total. The number of likely N-dealkylation sites (N-methyl/N-ethyl adjacent to an activating group) is 1. The number of nitrogens with two attached hydrogens (primary N) is 1. The fraction of sp³-hybridized carbons (Fsp3) is 0.667. The van der Waals surface area contributed by atoms with E-state index in [0.717, 1.165) is 31.5 Å². The highest BCUT2D eigenvalue weighted by molar-refractivity contribution is 5.84. The van der Waals surface area contributed by atoms with Crippen LogP contribution in [0.2, 0.25) is 0 Å². The molecule has 17 heavy (non-hydrogen) atoms. The molecular formula is C12H22N4O. The van der Waals surface area contributed by atoms with Crippen molar-refractivity contribution in [3.05, 3.63) is 18.0 Å². The number of primary amides is 1. The molecule has 1 aromatic rings. The van der Waals surface area contributed by atoms with Crippen LogP contribution in [0.5, 0.6) is 0 Å². The SMILES string of the molecule is CNC(C)(CCCCn1nccc1C)C(N)=O. The highest BCUT2D eigenvalue weighted by atomic mass is 16.1. The van der Waals surface area contributed by atoms with Crippen molar-refractivity contribution < 1.29 is 4.79 Å². The molecule has 1 rings (SSSR count). The molecule has 0 fully saturated rings. The number of aromatic nitrogens is 2. The van der Waals surface area contributed by atoms with Crippen LogP contribution in [0, 0.1) is 6.92 Å². The Bertz CT molecular complexity index is 374. The summed E-state index contributed by atoms with van der Waals surface area (Å²) in [4.78, 5) is 11.3. The number of hydrogen-bond donors (Lipinski definition) is 2. The highest BCUT2D eigenvalue weighted by Gasteiger charge is 2.27. The lowest BCUT2D eigenvalue weighted by Crippen LogP contribution is -2.51. The van der Waals surface area contributed by atoms with Crippen LogP contribution in [-0.2, 0) is 11.3 Å². The number of carbonyl (C=O) groups excluding carboxylic acids is 1. The van der Waals surface area contributed by atoms with Crippen LogP contribution in [0.15, 0.2) is 12.3 Å². The monoisotopic (exact) mass is 238 g/mol. The van der Waals surface area contributed by atoms with Crippen molar-refractivity contribution >= 4 is 5.91 Å². The second kappa shape index (κ2) is 5.82. The molecule has 0 aliphatic carbocycles. The third-order valence-electron chi connectivity index (χ3n) is 3.32. The number of nitrogens with zero attached hydrogens (tertiary/aromatic N) is 2. The largest absolute Gasteiger partial charge is 0.368 e. The van der Waals surface area contributed by atoms with Crippen molar-refractivity contribution in [1.82, 2.24) is 15.1 Å². The van der Waals surface area contributed by atoms with Crippen LogP contribution in [0.1, 0.15) is 31.9 Å². The standard InChI is InChI=1S/C12H22N4O/c1-10-6-8-15-16(10)9-5-4-7-12(2,14-3)11(13)17/h6,8,14H,4-5,7,9H2,1-3H3,(H2,13,17). The summed E-state index contributed by atoms with van der Waals surface area (Å²) in [5, 5.41) is 7.20. The molecule has 0 bridgehead atoms. The average Bonchev–Trinajstić information content (AvgIpc) is 2.70. The van der Waals surface area contributed by atoms with E-state index >= 15 is 0 Å². The van der Waals surface area contributed by atoms with Gasteiger partial charge in [-0.2, -0.15) is 5.10 Å². The Morgan fingerprint density at radius 1 is 1.59 bits per heavy atom. The van der Waals surface area contributed by atoms with Gasteiger partial charge in [0.25, 0.3) is 0 Å². The van der Waals surface area contributed by atoms with Gasteiger partial charge >= 0.3 is 0 Å². The predicted octanol–water partition coefficient (Wildman–Crippen LogP) is 0.825. The van der Waals surface area contributed by atoms with E-state index in [-0.39, 0.29) is 5.91 Å². The third-order valence-corrected chi connectivity index (χ3v) is 3.32. The van der Waals surface area contributed by atoms with Gasteiger partial charge in [-0.15, -0.1) is 0 Å². The first-order valence-corrected chi connectivity index (χ1v) is 5.97. The van der Waals surface area contributed by atoms with E-state index in [1.165, 1.54) is 0 Å². The molecule has 0 radical (unpaired) electrons. The first-order chi connectivity index (χ1) is 7.99. The first-order valence-electron chi connectivity index (χ1n) is 5.97. The van der Waals surface area contributed by atoms with Gasteiger partial charge in [-0.05, 0) is 46.2 Å². The number of rotatable bonds is 7. The van der Waals surface area contributed by atoms with E-state index in [1.807, 2.05) is 24.6 Å². The number of hydrogen-bond acceptors (Lipinski definition) is 3. The number of aryl methyl sites for hydroxylation is 2. The van der Waals surface area contributed by atoms with Gasteiger partial charge in [-0.3, -0.25) is 9.48 Å². The van der Waals surface area contributed by atoms with Gasteiger partial charge in [0, 0.05) is 18.4 Å². The minimum Gasteiger partial charge on any atom is -0.368 e. The molecule has 96 valence electrons. The summed E-state index contributed by atoms with van der Waals surface area (Å²) in [6, 6.07) is 1.99. The number of amides is 1. The van der Waals surface area contributed by atoms with E-state index < -0.39 is 5.54 Å². The Labute approximate surface area is 102 Å². The summed E-state index contributed by atoms with van der Waals surface area (Å²) in [5.41, 5.74) is 5.93. The van der Waals surface area contributed by atoms with Gasteiger partial charge in [0.1, 0.15) is 0 Å². The van der Waals surface area contributed by atoms with Crippen molar-refractivity contribution in [2.24, 2.45) is 5.73 Å². The number of nitrogens with one attached hydrogen (secondary N) is 1. The molecule has 1 aromatic heterocycles. The van der Waals surface area contributed by atoms with Crippen molar-refractivity contribution in [1.29, 1.82) is 0 Å². The molecule has 1 atom stereocenters. The lowest BCUT2D eigenvalue weighted by Gasteiger charge is -2.25. The highest BCUT2D eigenvalue weighted by Crippen LogP contribution is 2.13. The number of carbonyl (C=O) groups is 1. The van der Waals surface area contributed by atoms with E-state index in [2.05, 4.69) is 10.4 Å². The Balaban J connectivity index is 2.33. The van der Waals surface area contributed by atoms with Crippen molar-refractivity contribution in [3.63, 3.8) is 0 Å². The normalized spacial score (nSPS) is 14.5. The molecule has 0 aromatic carbocycles. The molecular weight excluding hydrogens is 216 g/mol. The maximum Gasteiger partial charge on any atom is 0.237 e. The molecule has 1 amide bonds. The molecule has 1 unspecified atom stereocenters. The summed E-state index contributed by atoms with van der Waals surface area (Å²) in [6.45, 7) is 4.76. The summed E-state index contributed by atoms with van der Waals surface area (Å²) < 4.78 is 1.97. The minimum atomic E-state index is -0.598. The zero-order valence-corrected chi connectivity index (χ0v) is 10.9. The molecule has 1 heterocycles. The van der Waals surface area contributed by atoms with Crippen molar-refractivity contribution in [3.8, 4) is 0 Å². The van der Waals surface area contributed by atoms with Gasteiger partial charge in [-0.25, -0.2) is 0 Å². The van der Waals surface area contributed by atoms with Crippen LogP contribution < -0.4 is 11.1 Å². The van der Waals surface area contributed by atoms with E-state index in [1.54, 1.807) is 13.2 Å². The van der Waals surface area contributed by atoms with E-state index in [4.69, 9.17) is 5.73 Å².